The molecule has 6 heteroatoms. The van der Waals surface area contributed by atoms with Gasteiger partial charge >= 0.3 is 0 Å². The number of nitrogens with zero attached hydrogens (tertiary/aromatic N) is 2. The highest BCUT2D eigenvalue weighted by atomic mass is 16.5. The molecule has 0 radical (unpaired) electrons. The number of rotatable bonds is 4. The van der Waals surface area contributed by atoms with Crippen molar-refractivity contribution in [2.45, 2.75) is 52.1 Å². The molecule has 2 aromatic rings. The van der Waals surface area contributed by atoms with Gasteiger partial charge in [0.1, 0.15) is 11.5 Å². The Morgan fingerprint density at radius 3 is 2.65 bits per heavy atom. The molecule has 1 unspecified atom stereocenters. The van der Waals surface area contributed by atoms with Gasteiger partial charge < -0.3 is 18.6 Å². The van der Waals surface area contributed by atoms with Crippen LogP contribution in [0.1, 0.15) is 59.0 Å². The summed E-state index contributed by atoms with van der Waals surface area (Å²) < 4.78 is 16.6. The normalized spacial score (nSPS) is 21.8. The molecule has 1 atom stereocenters. The Kier molecular flexibility index (Phi) is 4.39. The smallest absolute Gasteiger partial charge is 0.289 e. The monoisotopic (exact) mass is 358 g/mol. The van der Waals surface area contributed by atoms with Gasteiger partial charge in [-0.25, -0.2) is 0 Å². The SMILES string of the molecule is COC1CCC12CCN(C(=O)c1ccc(Cc3c(C)noc3C)o1)CC2. The maximum Gasteiger partial charge on any atom is 0.289 e. The maximum absolute atomic E-state index is 12.8. The number of carbonyl (C=O) groups excluding carboxylic acids is 1. The largest absolute Gasteiger partial charge is 0.456 e. The number of aromatic nitrogens is 1. The van der Waals surface area contributed by atoms with E-state index in [1.165, 1.54) is 6.42 Å². The number of hydrogen-bond acceptors (Lipinski definition) is 5. The zero-order valence-corrected chi connectivity index (χ0v) is 15.7. The number of aryl methyl sites for hydroxylation is 2. The first-order chi connectivity index (χ1) is 12.5. The minimum atomic E-state index is -0.0156. The number of methoxy groups -OCH3 is 1. The van der Waals surface area contributed by atoms with Crippen LogP contribution in [0.15, 0.2) is 21.1 Å². The Labute approximate surface area is 153 Å². The topological polar surface area (TPSA) is 68.7 Å². The molecule has 1 saturated carbocycles. The predicted molar refractivity (Wildman–Crippen MR) is 95.1 cm³/mol. The fraction of sp³-hybridized carbons (Fsp3) is 0.600. The van der Waals surface area contributed by atoms with Crippen LogP contribution < -0.4 is 0 Å². The average molecular weight is 358 g/mol. The fourth-order valence-corrected chi connectivity index (χ4v) is 4.44. The molecule has 1 aliphatic carbocycles. The highest BCUT2D eigenvalue weighted by Gasteiger charge is 2.49. The molecule has 0 N–H and O–H groups in total. The molecular weight excluding hydrogens is 332 g/mol. The van der Waals surface area contributed by atoms with E-state index in [4.69, 9.17) is 13.7 Å². The minimum Gasteiger partial charge on any atom is -0.456 e. The van der Waals surface area contributed by atoms with Crippen molar-refractivity contribution in [2.75, 3.05) is 20.2 Å². The van der Waals surface area contributed by atoms with Crippen molar-refractivity contribution in [3.05, 3.63) is 40.7 Å². The Bertz CT molecular complexity index is 777. The van der Waals surface area contributed by atoms with Crippen molar-refractivity contribution in [3.63, 3.8) is 0 Å². The molecule has 3 heterocycles. The predicted octanol–water partition coefficient (Wildman–Crippen LogP) is 3.51. The van der Waals surface area contributed by atoms with Gasteiger partial charge in [-0.3, -0.25) is 4.79 Å². The number of likely N-dealkylation sites (tertiary alicyclic amines) is 1. The zero-order valence-electron chi connectivity index (χ0n) is 15.7. The first kappa shape index (κ1) is 17.3. The lowest BCUT2D eigenvalue weighted by Crippen LogP contribution is -2.53. The van der Waals surface area contributed by atoms with Crippen LogP contribution in [0.3, 0.4) is 0 Å². The standard InChI is InChI=1S/C20H26N2O4/c1-13-16(14(2)26-21-13)12-15-4-5-17(25-15)19(23)22-10-8-20(9-11-22)7-6-18(20)24-3/h4-5,18H,6-12H2,1-3H3. The van der Waals surface area contributed by atoms with Crippen molar-refractivity contribution < 1.29 is 18.5 Å². The van der Waals surface area contributed by atoms with Crippen LogP contribution in [0, 0.1) is 19.3 Å². The second-order valence-corrected chi connectivity index (χ2v) is 7.66. The van der Waals surface area contributed by atoms with Gasteiger partial charge in [0.2, 0.25) is 0 Å². The van der Waals surface area contributed by atoms with Crippen molar-refractivity contribution in [1.29, 1.82) is 0 Å². The van der Waals surface area contributed by atoms with E-state index < -0.39 is 0 Å². The number of hydrogen-bond donors (Lipinski definition) is 0. The summed E-state index contributed by atoms with van der Waals surface area (Å²) in [6.07, 6.45) is 5.36. The van der Waals surface area contributed by atoms with Crippen molar-refractivity contribution in [1.82, 2.24) is 10.1 Å². The molecule has 6 nitrogen and oxygen atoms in total. The molecule has 1 saturated heterocycles. The third kappa shape index (κ3) is 2.86. The number of furan rings is 1. The number of ether oxygens (including phenoxy) is 1. The first-order valence-corrected chi connectivity index (χ1v) is 9.35. The van der Waals surface area contributed by atoms with Crippen LogP contribution in [0.2, 0.25) is 0 Å². The number of amides is 1. The molecule has 26 heavy (non-hydrogen) atoms. The van der Waals surface area contributed by atoms with Gasteiger partial charge in [0, 0.05) is 37.6 Å². The number of piperidine rings is 1. The third-order valence-corrected chi connectivity index (χ3v) is 6.32. The first-order valence-electron chi connectivity index (χ1n) is 9.35. The second kappa shape index (κ2) is 6.58. The Balaban J connectivity index is 1.40. The highest BCUT2D eigenvalue weighted by Crippen LogP contribution is 2.50. The lowest BCUT2D eigenvalue weighted by atomic mass is 9.61. The van der Waals surface area contributed by atoms with Crippen LogP contribution in [-0.2, 0) is 11.2 Å². The lowest BCUT2D eigenvalue weighted by molar-refractivity contribution is -0.116. The Hall–Kier alpha value is -2.08. The van der Waals surface area contributed by atoms with Gasteiger partial charge in [0.15, 0.2) is 5.76 Å². The summed E-state index contributed by atoms with van der Waals surface area (Å²) in [4.78, 5) is 14.7. The Morgan fingerprint density at radius 1 is 1.31 bits per heavy atom. The summed E-state index contributed by atoms with van der Waals surface area (Å²) in [5, 5.41) is 3.97. The van der Waals surface area contributed by atoms with Crippen molar-refractivity contribution in [3.8, 4) is 0 Å². The molecule has 0 bridgehead atoms. The van der Waals surface area contributed by atoms with E-state index in [1.807, 2.05) is 24.8 Å². The van der Waals surface area contributed by atoms with Crippen LogP contribution >= 0.6 is 0 Å². The van der Waals surface area contributed by atoms with Crippen molar-refractivity contribution >= 4 is 5.91 Å². The van der Waals surface area contributed by atoms with Gasteiger partial charge in [-0.1, -0.05) is 5.16 Å². The molecule has 1 amide bonds. The van der Waals surface area contributed by atoms with E-state index in [0.717, 1.165) is 55.1 Å². The van der Waals surface area contributed by atoms with E-state index in [2.05, 4.69) is 5.16 Å². The molecular formula is C20H26N2O4. The van der Waals surface area contributed by atoms with E-state index in [9.17, 15) is 4.79 Å². The molecule has 1 spiro atoms. The summed E-state index contributed by atoms with van der Waals surface area (Å²) in [6, 6.07) is 3.65. The summed E-state index contributed by atoms with van der Waals surface area (Å²) in [7, 11) is 1.80. The molecule has 2 fully saturated rings. The molecule has 2 aliphatic rings. The summed E-state index contributed by atoms with van der Waals surface area (Å²) in [5.74, 6) is 1.95. The maximum atomic E-state index is 12.8. The van der Waals surface area contributed by atoms with Gasteiger partial charge in [0.05, 0.1) is 11.8 Å². The molecule has 1 aliphatic heterocycles. The van der Waals surface area contributed by atoms with Gasteiger partial charge in [-0.05, 0) is 51.7 Å². The third-order valence-electron chi connectivity index (χ3n) is 6.32. The van der Waals surface area contributed by atoms with Crippen LogP contribution in [0.4, 0.5) is 0 Å². The summed E-state index contributed by atoms with van der Waals surface area (Å²) in [6.45, 7) is 5.36. The average Bonchev–Trinajstić information content (AvgIpc) is 3.23. The summed E-state index contributed by atoms with van der Waals surface area (Å²) in [5.41, 5.74) is 2.18. The van der Waals surface area contributed by atoms with Gasteiger partial charge in [-0.2, -0.15) is 0 Å². The van der Waals surface area contributed by atoms with E-state index in [0.29, 0.717) is 23.7 Å². The zero-order chi connectivity index (χ0) is 18.3. The fourth-order valence-electron chi connectivity index (χ4n) is 4.44. The quantitative estimate of drug-likeness (QED) is 0.837. The van der Waals surface area contributed by atoms with Crippen LogP contribution in [0.25, 0.3) is 0 Å². The van der Waals surface area contributed by atoms with Crippen LogP contribution in [-0.4, -0.2) is 42.3 Å². The second-order valence-electron chi connectivity index (χ2n) is 7.66. The van der Waals surface area contributed by atoms with Gasteiger partial charge in [-0.15, -0.1) is 0 Å². The minimum absolute atomic E-state index is 0.0156. The summed E-state index contributed by atoms with van der Waals surface area (Å²) >= 11 is 0. The van der Waals surface area contributed by atoms with Gasteiger partial charge in [0.25, 0.3) is 5.91 Å². The number of carbonyl (C=O) groups is 1. The van der Waals surface area contributed by atoms with E-state index in [-0.39, 0.29) is 5.91 Å². The van der Waals surface area contributed by atoms with E-state index in [1.54, 1.807) is 13.2 Å². The molecule has 0 aromatic carbocycles. The Morgan fingerprint density at radius 2 is 2.08 bits per heavy atom. The van der Waals surface area contributed by atoms with E-state index >= 15 is 0 Å². The molecule has 2 aromatic heterocycles. The van der Waals surface area contributed by atoms with Crippen LogP contribution in [0.5, 0.6) is 0 Å². The molecule has 4 rings (SSSR count). The highest BCUT2D eigenvalue weighted by molar-refractivity contribution is 5.91. The van der Waals surface area contributed by atoms with Crippen molar-refractivity contribution in [2.24, 2.45) is 5.41 Å². The lowest BCUT2D eigenvalue weighted by Gasteiger charge is -2.52. The molecule has 140 valence electrons.